The molecule has 4 heteroatoms. The third kappa shape index (κ3) is 2.40. The zero-order chi connectivity index (χ0) is 13.9. The van der Waals surface area contributed by atoms with Gasteiger partial charge in [0.25, 0.3) is 0 Å². The first kappa shape index (κ1) is 12.4. The van der Waals surface area contributed by atoms with E-state index in [9.17, 15) is 8.78 Å². The van der Waals surface area contributed by atoms with Gasteiger partial charge in [0.1, 0.15) is 11.6 Å². The van der Waals surface area contributed by atoms with Crippen molar-refractivity contribution >= 4 is 21.8 Å². The summed E-state index contributed by atoms with van der Waals surface area (Å²) in [5.74, 6) is -0.367. The van der Waals surface area contributed by atoms with Crippen LogP contribution in [0.25, 0.3) is 21.8 Å². The highest BCUT2D eigenvalue weighted by Crippen LogP contribution is 2.14. The van der Waals surface area contributed by atoms with Crippen LogP contribution in [0.15, 0.2) is 60.9 Å². The molecule has 0 aliphatic carbocycles. The fourth-order valence-electron chi connectivity index (χ4n) is 2.07. The lowest BCUT2D eigenvalue weighted by atomic mass is 10.2. The van der Waals surface area contributed by atoms with Gasteiger partial charge in [-0.05, 0) is 47.9 Å². The summed E-state index contributed by atoms with van der Waals surface area (Å²) in [6.45, 7) is 0. The molecule has 0 saturated carbocycles. The Morgan fingerprint density at radius 2 is 1.55 bits per heavy atom. The van der Waals surface area contributed by atoms with Gasteiger partial charge in [-0.15, -0.1) is 0 Å². The second-order valence-electron chi connectivity index (χ2n) is 4.39. The van der Waals surface area contributed by atoms with Gasteiger partial charge in [0.2, 0.25) is 0 Å². The maximum absolute atomic E-state index is 12.8. The van der Waals surface area contributed by atoms with Crippen LogP contribution in [0, 0.1) is 11.6 Å². The maximum Gasteiger partial charge on any atom is 0.132 e. The van der Waals surface area contributed by atoms with Gasteiger partial charge in [-0.25, -0.2) is 8.78 Å². The smallest absolute Gasteiger partial charge is 0.132 e. The summed E-state index contributed by atoms with van der Waals surface area (Å²) >= 11 is 0. The largest absolute Gasteiger partial charge is 0.361 e. The molecule has 0 aliphatic rings. The molecule has 0 saturated heterocycles. The van der Waals surface area contributed by atoms with Gasteiger partial charge in [0.05, 0.1) is 0 Å². The molecule has 100 valence electrons. The monoisotopic (exact) mass is 270 g/mol. The molecule has 4 aromatic rings. The second kappa shape index (κ2) is 5.17. The topological polar surface area (TPSA) is 31.6 Å². The molecule has 0 bridgehead atoms. The van der Waals surface area contributed by atoms with E-state index in [1.54, 1.807) is 30.6 Å². The third-order valence-electron chi connectivity index (χ3n) is 3.06. The summed E-state index contributed by atoms with van der Waals surface area (Å²) in [6, 6.07) is 13.3. The van der Waals surface area contributed by atoms with E-state index < -0.39 is 0 Å². The Bertz CT molecular complexity index is 845. The molecule has 2 heterocycles. The highest BCUT2D eigenvalue weighted by Gasteiger charge is 1.97. The van der Waals surface area contributed by atoms with Gasteiger partial charge < -0.3 is 9.97 Å². The molecule has 0 atom stereocenters. The van der Waals surface area contributed by atoms with Crippen molar-refractivity contribution in [2.75, 3.05) is 0 Å². The molecule has 0 amide bonds. The molecule has 0 aliphatic heterocycles. The Kier molecular flexibility index (Phi) is 3.21. The van der Waals surface area contributed by atoms with E-state index in [1.807, 2.05) is 12.1 Å². The molecule has 0 unspecified atom stereocenters. The van der Waals surface area contributed by atoms with Crippen LogP contribution in [0.1, 0.15) is 0 Å². The minimum Gasteiger partial charge on any atom is -0.361 e. The Labute approximate surface area is 114 Å². The molecular formula is C16H12F2N2. The minimum atomic E-state index is -0.199. The van der Waals surface area contributed by atoms with E-state index in [2.05, 4.69) is 9.97 Å². The van der Waals surface area contributed by atoms with Gasteiger partial charge >= 0.3 is 0 Å². The first-order valence-electron chi connectivity index (χ1n) is 6.18. The molecule has 20 heavy (non-hydrogen) atoms. The summed E-state index contributed by atoms with van der Waals surface area (Å²) in [6.07, 6.45) is 3.53. The molecule has 4 rings (SSSR count). The van der Waals surface area contributed by atoms with E-state index in [0.29, 0.717) is 5.39 Å². The summed E-state index contributed by atoms with van der Waals surface area (Å²) in [7, 11) is 0. The molecule has 0 radical (unpaired) electrons. The molecule has 0 spiro atoms. The SMILES string of the molecule is Fc1ccc2cc[nH]c2c1.Fc1cccc2[nH]ccc12. The van der Waals surface area contributed by atoms with Gasteiger partial charge in [-0.3, -0.25) is 0 Å². The number of fused-ring (bicyclic) bond motifs is 2. The fraction of sp³-hybridized carbons (Fsp3) is 0. The van der Waals surface area contributed by atoms with Crippen molar-refractivity contribution in [3.05, 3.63) is 72.6 Å². The average molecular weight is 270 g/mol. The Morgan fingerprint density at radius 3 is 2.40 bits per heavy atom. The Hall–Kier alpha value is -2.62. The lowest BCUT2D eigenvalue weighted by molar-refractivity contribution is 0.629. The zero-order valence-corrected chi connectivity index (χ0v) is 10.5. The van der Waals surface area contributed by atoms with E-state index in [1.165, 1.54) is 18.2 Å². The number of hydrogen-bond donors (Lipinski definition) is 2. The standard InChI is InChI=1S/2C8H6FN/c9-7-2-1-6-3-4-10-8(6)5-7;9-7-2-1-3-8-6(7)4-5-10-8/h2*1-5,10H. The van der Waals surface area contributed by atoms with Crippen molar-refractivity contribution in [3.8, 4) is 0 Å². The van der Waals surface area contributed by atoms with Gasteiger partial charge in [-0.1, -0.05) is 6.07 Å². The number of benzene rings is 2. The first-order chi connectivity index (χ1) is 9.74. The van der Waals surface area contributed by atoms with Crippen LogP contribution in [0.4, 0.5) is 8.78 Å². The Balaban J connectivity index is 0.000000121. The van der Waals surface area contributed by atoms with E-state index in [4.69, 9.17) is 0 Å². The second-order valence-corrected chi connectivity index (χ2v) is 4.39. The van der Waals surface area contributed by atoms with Crippen molar-refractivity contribution in [1.82, 2.24) is 9.97 Å². The van der Waals surface area contributed by atoms with Crippen molar-refractivity contribution in [2.24, 2.45) is 0 Å². The van der Waals surface area contributed by atoms with E-state index >= 15 is 0 Å². The molecule has 2 nitrogen and oxygen atoms in total. The Morgan fingerprint density at radius 1 is 0.750 bits per heavy atom. The molecule has 0 fully saturated rings. The minimum absolute atomic E-state index is 0.168. The van der Waals surface area contributed by atoms with Gasteiger partial charge in [0.15, 0.2) is 0 Å². The van der Waals surface area contributed by atoms with Crippen LogP contribution < -0.4 is 0 Å². The van der Waals surface area contributed by atoms with Gasteiger partial charge in [-0.2, -0.15) is 0 Å². The predicted octanol–water partition coefficient (Wildman–Crippen LogP) is 4.61. The molecule has 2 N–H and O–H groups in total. The average Bonchev–Trinajstić information content (AvgIpc) is 3.07. The first-order valence-corrected chi connectivity index (χ1v) is 6.18. The maximum atomic E-state index is 12.8. The highest BCUT2D eigenvalue weighted by molar-refractivity contribution is 5.80. The zero-order valence-electron chi connectivity index (χ0n) is 10.5. The van der Waals surface area contributed by atoms with Crippen LogP contribution in [0.2, 0.25) is 0 Å². The van der Waals surface area contributed by atoms with Crippen LogP contribution in [0.3, 0.4) is 0 Å². The van der Waals surface area contributed by atoms with Crippen LogP contribution >= 0.6 is 0 Å². The fourth-order valence-corrected chi connectivity index (χ4v) is 2.07. The summed E-state index contributed by atoms with van der Waals surface area (Å²) < 4.78 is 25.3. The number of H-pyrrole nitrogens is 2. The quantitative estimate of drug-likeness (QED) is 0.467. The van der Waals surface area contributed by atoms with Crippen molar-refractivity contribution in [1.29, 1.82) is 0 Å². The van der Waals surface area contributed by atoms with E-state index in [0.717, 1.165) is 16.4 Å². The molecule has 2 aromatic heterocycles. The predicted molar refractivity (Wildman–Crippen MR) is 76.5 cm³/mol. The summed E-state index contributed by atoms with van der Waals surface area (Å²) in [5, 5.41) is 1.70. The number of nitrogens with one attached hydrogen (secondary N) is 2. The highest BCUT2D eigenvalue weighted by atomic mass is 19.1. The van der Waals surface area contributed by atoms with Crippen LogP contribution in [0.5, 0.6) is 0 Å². The van der Waals surface area contributed by atoms with E-state index in [-0.39, 0.29) is 11.6 Å². The van der Waals surface area contributed by atoms with Crippen LogP contribution in [-0.4, -0.2) is 9.97 Å². The molecule has 2 aromatic carbocycles. The van der Waals surface area contributed by atoms with Crippen LogP contribution in [-0.2, 0) is 0 Å². The van der Waals surface area contributed by atoms with Crippen molar-refractivity contribution in [2.45, 2.75) is 0 Å². The third-order valence-corrected chi connectivity index (χ3v) is 3.06. The normalized spacial score (nSPS) is 10.5. The van der Waals surface area contributed by atoms with Crippen molar-refractivity contribution < 1.29 is 8.78 Å². The number of aromatic nitrogens is 2. The number of aromatic amines is 2. The summed E-state index contributed by atoms with van der Waals surface area (Å²) in [5.41, 5.74) is 1.69. The molecular weight excluding hydrogens is 258 g/mol. The lowest BCUT2D eigenvalue weighted by Crippen LogP contribution is -1.72. The number of halogens is 2. The number of hydrogen-bond acceptors (Lipinski definition) is 0. The lowest BCUT2D eigenvalue weighted by Gasteiger charge is -1.88. The summed E-state index contributed by atoms with van der Waals surface area (Å²) in [4.78, 5) is 5.84. The van der Waals surface area contributed by atoms with Crippen molar-refractivity contribution in [3.63, 3.8) is 0 Å². The number of rotatable bonds is 0. The van der Waals surface area contributed by atoms with Gasteiger partial charge in [0, 0.05) is 28.8 Å².